The Morgan fingerprint density at radius 1 is 1.35 bits per heavy atom. The van der Waals surface area contributed by atoms with Gasteiger partial charge in [0.2, 0.25) is 5.91 Å². The van der Waals surface area contributed by atoms with E-state index in [4.69, 9.17) is 16.3 Å². The van der Waals surface area contributed by atoms with Gasteiger partial charge in [-0.05, 0) is 31.9 Å². The van der Waals surface area contributed by atoms with Crippen molar-refractivity contribution in [2.24, 2.45) is 0 Å². The summed E-state index contributed by atoms with van der Waals surface area (Å²) < 4.78 is 5.56. The molecule has 5 heteroatoms. The summed E-state index contributed by atoms with van der Waals surface area (Å²) in [6, 6.07) is 7.91. The van der Waals surface area contributed by atoms with Crippen molar-refractivity contribution in [1.29, 1.82) is 0 Å². The van der Waals surface area contributed by atoms with Crippen molar-refractivity contribution in [3.05, 3.63) is 29.3 Å². The first-order valence-electron chi connectivity index (χ1n) is 7.07. The largest absolute Gasteiger partial charge is 0.378 e. The highest BCUT2D eigenvalue weighted by Gasteiger charge is 2.41. The lowest BCUT2D eigenvalue weighted by Crippen LogP contribution is -2.54. The number of nitrogens with zero attached hydrogens (tertiary/aromatic N) is 1. The summed E-state index contributed by atoms with van der Waals surface area (Å²) in [5.74, 6) is -0.00287. The van der Waals surface area contributed by atoms with E-state index in [1.54, 1.807) is 6.07 Å². The molecule has 2 aliphatic rings. The van der Waals surface area contributed by atoms with Crippen LogP contribution in [0, 0.1) is 0 Å². The number of benzene rings is 1. The number of hydrogen-bond acceptors (Lipinski definition) is 3. The summed E-state index contributed by atoms with van der Waals surface area (Å²) in [4.78, 5) is 14.7. The van der Waals surface area contributed by atoms with Crippen molar-refractivity contribution in [3.8, 4) is 0 Å². The van der Waals surface area contributed by atoms with Gasteiger partial charge < -0.3 is 10.1 Å². The van der Waals surface area contributed by atoms with Gasteiger partial charge in [-0.2, -0.15) is 0 Å². The van der Waals surface area contributed by atoms with Gasteiger partial charge in [-0.25, -0.2) is 0 Å². The average Bonchev–Trinajstić information content (AvgIpc) is 2.69. The van der Waals surface area contributed by atoms with Crippen molar-refractivity contribution >= 4 is 23.2 Å². The molecule has 1 amide bonds. The molecule has 0 spiro atoms. The molecule has 0 aromatic heterocycles. The number of nitrogens with one attached hydrogen (secondary N) is 1. The van der Waals surface area contributed by atoms with Crippen LogP contribution in [0.5, 0.6) is 0 Å². The minimum atomic E-state index is -0.160. The summed E-state index contributed by atoms with van der Waals surface area (Å²) in [5, 5.41) is 3.49. The fourth-order valence-electron chi connectivity index (χ4n) is 3.23. The molecule has 0 radical (unpaired) electrons. The molecule has 2 fully saturated rings. The number of ether oxygens (including phenoxy) is 1. The van der Waals surface area contributed by atoms with Crippen LogP contribution in [0.4, 0.5) is 5.69 Å². The zero-order valence-electron chi connectivity index (χ0n) is 11.5. The van der Waals surface area contributed by atoms with E-state index >= 15 is 0 Å². The summed E-state index contributed by atoms with van der Waals surface area (Å²) in [5.41, 5.74) is 0.673. The zero-order chi connectivity index (χ0) is 14.1. The Morgan fingerprint density at radius 2 is 2.00 bits per heavy atom. The zero-order valence-corrected chi connectivity index (χ0v) is 12.3. The van der Waals surface area contributed by atoms with E-state index in [1.807, 2.05) is 25.1 Å². The van der Waals surface area contributed by atoms with Crippen LogP contribution in [-0.4, -0.2) is 42.1 Å². The Bertz CT molecular complexity index is 492. The van der Waals surface area contributed by atoms with Crippen LogP contribution in [0.2, 0.25) is 5.02 Å². The average molecular weight is 295 g/mol. The van der Waals surface area contributed by atoms with Crippen molar-refractivity contribution in [2.75, 3.05) is 18.5 Å². The third-order valence-electron chi connectivity index (χ3n) is 4.26. The van der Waals surface area contributed by atoms with Crippen LogP contribution in [0.3, 0.4) is 0 Å². The van der Waals surface area contributed by atoms with E-state index in [0.29, 0.717) is 22.8 Å². The molecular weight excluding hydrogens is 276 g/mol. The Morgan fingerprint density at radius 3 is 2.65 bits per heavy atom. The number of carbonyl (C=O) groups is 1. The van der Waals surface area contributed by atoms with Crippen molar-refractivity contribution in [3.63, 3.8) is 0 Å². The fourth-order valence-corrected chi connectivity index (χ4v) is 3.41. The first-order chi connectivity index (χ1) is 9.66. The molecule has 2 saturated heterocycles. The number of para-hydroxylation sites is 1. The lowest BCUT2D eigenvalue weighted by Gasteiger charge is -2.38. The van der Waals surface area contributed by atoms with Gasteiger partial charge >= 0.3 is 0 Å². The van der Waals surface area contributed by atoms with Crippen LogP contribution in [0.15, 0.2) is 24.3 Å². The Kier molecular flexibility index (Phi) is 3.96. The Labute approximate surface area is 124 Å². The van der Waals surface area contributed by atoms with Gasteiger partial charge in [0.05, 0.1) is 30.0 Å². The molecule has 1 N–H and O–H groups in total. The van der Waals surface area contributed by atoms with Crippen LogP contribution in [0.25, 0.3) is 0 Å². The van der Waals surface area contributed by atoms with E-state index in [1.165, 1.54) is 0 Å². The van der Waals surface area contributed by atoms with Gasteiger partial charge in [0, 0.05) is 12.1 Å². The number of amides is 1. The van der Waals surface area contributed by atoms with Gasteiger partial charge in [-0.1, -0.05) is 23.7 Å². The van der Waals surface area contributed by atoms with Gasteiger partial charge in [-0.15, -0.1) is 0 Å². The number of fused-ring (bicyclic) bond motifs is 2. The SMILES string of the molecule is CC(C(=O)Nc1ccccc1Cl)N1C2CCC1COC2. The maximum absolute atomic E-state index is 12.4. The second kappa shape index (κ2) is 5.72. The third-order valence-corrected chi connectivity index (χ3v) is 4.58. The standard InChI is InChI=1S/C15H19ClN2O2/c1-10(18-11-6-7-12(18)9-20-8-11)15(19)17-14-5-3-2-4-13(14)16/h2-5,10-12H,6-9H2,1H3,(H,17,19). The summed E-state index contributed by atoms with van der Waals surface area (Å²) in [6.07, 6.45) is 2.24. The molecule has 3 unspecified atom stereocenters. The topological polar surface area (TPSA) is 41.6 Å². The molecular formula is C15H19ClN2O2. The molecule has 1 aromatic rings. The van der Waals surface area contributed by atoms with Gasteiger partial charge in [0.15, 0.2) is 0 Å². The van der Waals surface area contributed by atoms with Gasteiger partial charge in [0.1, 0.15) is 0 Å². The minimum absolute atomic E-state index is 0.00287. The maximum atomic E-state index is 12.4. The first kappa shape index (κ1) is 13.9. The fraction of sp³-hybridized carbons (Fsp3) is 0.533. The molecule has 108 valence electrons. The number of morpholine rings is 1. The third kappa shape index (κ3) is 2.55. The monoisotopic (exact) mass is 294 g/mol. The Balaban J connectivity index is 1.70. The predicted molar refractivity (Wildman–Crippen MR) is 79.0 cm³/mol. The number of hydrogen-bond donors (Lipinski definition) is 1. The molecule has 3 atom stereocenters. The molecule has 1 aromatic carbocycles. The van der Waals surface area contributed by atoms with Crippen molar-refractivity contribution in [1.82, 2.24) is 4.90 Å². The molecule has 2 heterocycles. The smallest absolute Gasteiger partial charge is 0.241 e. The molecule has 2 bridgehead atoms. The van der Waals surface area contributed by atoms with Crippen molar-refractivity contribution in [2.45, 2.75) is 37.9 Å². The lowest BCUT2D eigenvalue weighted by atomic mass is 10.1. The van der Waals surface area contributed by atoms with Gasteiger partial charge in [-0.3, -0.25) is 9.69 Å². The molecule has 2 aliphatic heterocycles. The first-order valence-corrected chi connectivity index (χ1v) is 7.45. The normalized spacial score (nSPS) is 27.3. The van der Waals surface area contributed by atoms with Crippen LogP contribution in [-0.2, 0) is 9.53 Å². The Hall–Kier alpha value is -1.10. The molecule has 0 aliphatic carbocycles. The van der Waals surface area contributed by atoms with Gasteiger partial charge in [0.25, 0.3) is 0 Å². The number of halogens is 1. The van der Waals surface area contributed by atoms with E-state index < -0.39 is 0 Å². The second-order valence-electron chi connectivity index (χ2n) is 5.51. The predicted octanol–water partition coefficient (Wildman–Crippen LogP) is 2.53. The maximum Gasteiger partial charge on any atom is 0.241 e. The van der Waals surface area contributed by atoms with E-state index in [2.05, 4.69) is 10.2 Å². The lowest BCUT2D eigenvalue weighted by molar-refractivity contribution is -0.125. The van der Waals surface area contributed by atoms with E-state index in [-0.39, 0.29) is 11.9 Å². The van der Waals surface area contributed by atoms with E-state index in [0.717, 1.165) is 26.1 Å². The quantitative estimate of drug-likeness (QED) is 0.931. The number of rotatable bonds is 3. The number of carbonyl (C=O) groups excluding carboxylic acids is 1. The van der Waals surface area contributed by atoms with Crippen molar-refractivity contribution < 1.29 is 9.53 Å². The van der Waals surface area contributed by atoms with Crippen LogP contribution in [0.1, 0.15) is 19.8 Å². The minimum Gasteiger partial charge on any atom is -0.378 e. The molecule has 0 saturated carbocycles. The molecule has 20 heavy (non-hydrogen) atoms. The van der Waals surface area contributed by atoms with Crippen LogP contribution >= 0.6 is 11.6 Å². The highest BCUT2D eigenvalue weighted by molar-refractivity contribution is 6.33. The summed E-state index contributed by atoms with van der Waals surface area (Å²) in [6.45, 7) is 3.43. The number of anilines is 1. The highest BCUT2D eigenvalue weighted by Crippen LogP contribution is 2.31. The van der Waals surface area contributed by atoms with E-state index in [9.17, 15) is 4.79 Å². The second-order valence-corrected chi connectivity index (χ2v) is 5.92. The summed E-state index contributed by atoms with van der Waals surface area (Å²) in [7, 11) is 0. The summed E-state index contributed by atoms with van der Waals surface area (Å²) >= 11 is 6.08. The molecule has 3 rings (SSSR count). The highest BCUT2D eigenvalue weighted by atomic mass is 35.5. The van der Waals surface area contributed by atoms with Crippen LogP contribution < -0.4 is 5.32 Å². The molecule has 4 nitrogen and oxygen atoms in total.